The Morgan fingerprint density at radius 1 is 1.08 bits per heavy atom. The van der Waals surface area contributed by atoms with E-state index in [1.54, 1.807) is 6.20 Å². The molecule has 2 aromatic rings. The number of carbonyl (C=O) groups excluding carboxylic acids is 1. The molecule has 1 N–H and O–H groups in total. The lowest BCUT2D eigenvalue weighted by Crippen LogP contribution is -2.28. The summed E-state index contributed by atoms with van der Waals surface area (Å²) in [5.41, 5.74) is 2.48. The summed E-state index contributed by atoms with van der Waals surface area (Å²) in [5, 5.41) is 3.02. The van der Waals surface area contributed by atoms with Gasteiger partial charge in [0.25, 0.3) is 5.91 Å². The van der Waals surface area contributed by atoms with E-state index in [0.717, 1.165) is 43.1 Å². The van der Waals surface area contributed by atoms with Crippen molar-refractivity contribution < 1.29 is 4.79 Å². The van der Waals surface area contributed by atoms with Gasteiger partial charge in [0.2, 0.25) is 0 Å². The Bertz CT molecular complexity index is 721. The van der Waals surface area contributed by atoms with Crippen LogP contribution >= 0.6 is 0 Å². The van der Waals surface area contributed by atoms with Crippen molar-refractivity contribution in [3.05, 3.63) is 48.2 Å². The third-order valence-electron chi connectivity index (χ3n) is 4.56. The van der Waals surface area contributed by atoms with Gasteiger partial charge in [0.15, 0.2) is 0 Å². The Labute approximate surface area is 149 Å². The summed E-state index contributed by atoms with van der Waals surface area (Å²) in [6.07, 6.45) is 6.58. The number of pyridine rings is 1. The molecule has 1 aliphatic heterocycles. The normalized spacial score (nSPS) is 14.7. The predicted octanol–water partition coefficient (Wildman–Crippen LogP) is 3.78. The van der Waals surface area contributed by atoms with Crippen molar-refractivity contribution in [3.8, 4) is 0 Å². The number of amides is 1. The molecular weight excluding hydrogens is 312 g/mol. The molecule has 1 aromatic carbocycles. The fraction of sp³-hybridized carbons (Fsp3) is 0.400. The second-order valence-corrected chi connectivity index (χ2v) is 6.67. The number of anilines is 3. The molecular formula is C20H26N4O. The lowest BCUT2D eigenvalue weighted by molar-refractivity contribution is 0.102. The van der Waals surface area contributed by atoms with E-state index in [1.807, 2.05) is 55.4 Å². The summed E-state index contributed by atoms with van der Waals surface area (Å²) in [6, 6.07) is 11.5. The second-order valence-electron chi connectivity index (χ2n) is 6.67. The Morgan fingerprint density at radius 2 is 1.84 bits per heavy atom. The fourth-order valence-corrected chi connectivity index (χ4v) is 3.17. The minimum absolute atomic E-state index is 0.108. The van der Waals surface area contributed by atoms with Gasteiger partial charge >= 0.3 is 0 Å². The van der Waals surface area contributed by atoms with E-state index in [1.165, 1.54) is 12.8 Å². The van der Waals surface area contributed by atoms with Crippen LogP contribution in [0.1, 0.15) is 36.0 Å². The zero-order valence-electron chi connectivity index (χ0n) is 15.0. The van der Waals surface area contributed by atoms with Crippen LogP contribution in [0.5, 0.6) is 0 Å². The van der Waals surface area contributed by atoms with Gasteiger partial charge in [-0.15, -0.1) is 0 Å². The van der Waals surface area contributed by atoms with Crippen LogP contribution in [0.3, 0.4) is 0 Å². The zero-order valence-corrected chi connectivity index (χ0v) is 15.0. The van der Waals surface area contributed by atoms with Crippen molar-refractivity contribution in [1.29, 1.82) is 0 Å². The topological polar surface area (TPSA) is 48.5 Å². The Balaban J connectivity index is 1.81. The monoisotopic (exact) mass is 338 g/mol. The smallest absolute Gasteiger partial charge is 0.259 e. The first-order valence-electron chi connectivity index (χ1n) is 8.94. The Morgan fingerprint density at radius 3 is 2.56 bits per heavy atom. The van der Waals surface area contributed by atoms with Gasteiger partial charge in [-0.25, -0.2) is 4.98 Å². The quantitative estimate of drug-likeness (QED) is 0.922. The van der Waals surface area contributed by atoms with E-state index in [9.17, 15) is 4.79 Å². The molecule has 0 atom stereocenters. The molecule has 1 saturated heterocycles. The largest absolute Gasteiger partial charge is 0.378 e. The average molecular weight is 338 g/mol. The molecule has 0 aliphatic carbocycles. The van der Waals surface area contributed by atoms with Crippen LogP contribution in [0.15, 0.2) is 42.6 Å². The van der Waals surface area contributed by atoms with Gasteiger partial charge < -0.3 is 15.1 Å². The van der Waals surface area contributed by atoms with Crippen molar-refractivity contribution in [2.45, 2.75) is 25.7 Å². The minimum Gasteiger partial charge on any atom is -0.378 e. The molecule has 1 aromatic heterocycles. The molecule has 0 spiro atoms. The Hall–Kier alpha value is -2.56. The van der Waals surface area contributed by atoms with Gasteiger partial charge in [0, 0.05) is 44.8 Å². The highest BCUT2D eigenvalue weighted by atomic mass is 16.1. The number of hydrogen-bond acceptors (Lipinski definition) is 4. The lowest BCUT2D eigenvalue weighted by atomic mass is 10.2. The number of hydrogen-bond donors (Lipinski definition) is 1. The first-order valence-corrected chi connectivity index (χ1v) is 8.94. The number of aromatic nitrogens is 1. The SMILES string of the molecule is CN(C)c1cccc(NC(=O)c2cccnc2N2CCCCCC2)c1. The summed E-state index contributed by atoms with van der Waals surface area (Å²) in [6.45, 7) is 1.93. The van der Waals surface area contributed by atoms with Crippen molar-refractivity contribution in [2.75, 3.05) is 42.3 Å². The summed E-state index contributed by atoms with van der Waals surface area (Å²) < 4.78 is 0. The van der Waals surface area contributed by atoms with E-state index in [0.29, 0.717) is 5.56 Å². The number of nitrogens with zero attached hydrogens (tertiary/aromatic N) is 3. The molecule has 0 bridgehead atoms. The number of rotatable bonds is 4. The highest BCUT2D eigenvalue weighted by Crippen LogP contribution is 2.23. The van der Waals surface area contributed by atoms with Gasteiger partial charge in [-0.2, -0.15) is 0 Å². The molecule has 1 fully saturated rings. The van der Waals surface area contributed by atoms with Gasteiger partial charge in [0.05, 0.1) is 5.56 Å². The van der Waals surface area contributed by atoms with Crippen LogP contribution in [0.4, 0.5) is 17.2 Å². The van der Waals surface area contributed by atoms with Crippen molar-refractivity contribution in [1.82, 2.24) is 4.98 Å². The van der Waals surface area contributed by atoms with Crippen molar-refractivity contribution >= 4 is 23.1 Å². The highest BCUT2D eigenvalue weighted by Gasteiger charge is 2.19. The molecule has 1 amide bonds. The van der Waals surface area contributed by atoms with Crippen LogP contribution in [-0.4, -0.2) is 38.1 Å². The molecule has 25 heavy (non-hydrogen) atoms. The molecule has 0 saturated carbocycles. The van der Waals surface area contributed by atoms with E-state index in [-0.39, 0.29) is 5.91 Å². The first kappa shape index (κ1) is 17.3. The third kappa shape index (κ3) is 4.29. The summed E-state index contributed by atoms with van der Waals surface area (Å²) in [7, 11) is 3.97. The van der Waals surface area contributed by atoms with E-state index in [2.05, 4.69) is 15.2 Å². The highest BCUT2D eigenvalue weighted by molar-refractivity contribution is 6.07. The second kappa shape index (κ2) is 8.01. The van der Waals surface area contributed by atoms with Crippen molar-refractivity contribution in [2.24, 2.45) is 0 Å². The van der Waals surface area contributed by atoms with Crippen LogP contribution in [0.25, 0.3) is 0 Å². The molecule has 1 aliphatic rings. The van der Waals surface area contributed by atoms with Crippen LogP contribution < -0.4 is 15.1 Å². The summed E-state index contributed by atoms with van der Waals surface area (Å²) in [4.78, 5) is 21.6. The maximum absolute atomic E-state index is 12.9. The van der Waals surface area contributed by atoms with Gasteiger partial charge in [-0.1, -0.05) is 18.9 Å². The number of nitrogens with one attached hydrogen (secondary N) is 1. The van der Waals surface area contributed by atoms with Crippen molar-refractivity contribution in [3.63, 3.8) is 0 Å². The molecule has 3 rings (SSSR count). The molecule has 2 heterocycles. The van der Waals surface area contributed by atoms with Crippen LogP contribution in [-0.2, 0) is 0 Å². The molecule has 0 unspecified atom stereocenters. The van der Waals surface area contributed by atoms with E-state index in [4.69, 9.17) is 0 Å². The van der Waals surface area contributed by atoms with Gasteiger partial charge in [-0.05, 0) is 43.2 Å². The summed E-state index contributed by atoms with van der Waals surface area (Å²) >= 11 is 0. The lowest BCUT2D eigenvalue weighted by Gasteiger charge is -2.23. The fourth-order valence-electron chi connectivity index (χ4n) is 3.17. The standard InChI is InChI=1S/C20H26N4O/c1-23(2)17-10-7-9-16(15-17)22-20(25)18-11-8-12-21-19(18)24-13-5-3-4-6-14-24/h7-12,15H,3-6,13-14H2,1-2H3,(H,22,25). The Kier molecular flexibility index (Phi) is 5.53. The maximum atomic E-state index is 12.9. The predicted molar refractivity (Wildman–Crippen MR) is 104 cm³/mol. The zero-order chi connectivity index (χ0) is 17.6. The number of carbonyl (C=O) groups is 1. The average Bonchev–Trinajstić information content (AvgIpc) is 2.91. The maximum Gasteiger partial charge on any atom is 0.259 e. The van der Waals surface area contributed by atoms with E-state index >= 15 is 0 Å². The van der Waals surface area contributed by atoms with Gasteiger partial charge in [-0.3, -0.25) is 4.79 Å². The number of benzene rings is 1. The van der Waals surface area contributed by atoms with E-state index < -0.39 is 0 Å². The molecule has 5 nitrogen and oxygen atoms in total. The molecule has 0 radical (unpaired) electrons. The molecule has 5 heteroatoms. The first-order chi connectivity index (χ1) is 12.1. The summed E-state index contributed by atoms with van der Waals surface area (Å²) in [5.74, 6) is 0.689. The van der Waals surface area contributed by atoms with Gasteiger partial charge in [0.1, 0.15) is 5.82 Å². The molecule has 132 valence electrons. The third-order valence-corrected chi connectivity index (χ3v) is 4.56. The minimum atomic E-state index is -0.108. The van der Waals surface area contributed by atoms with Crippen LogP contribution in [0, 0.1) is 0 Å². The van der Waals surface area contributed by atoms with Crippen LogP contribution in [0.2, 0.25) is 0 Å².